The number of thioether (sulfide) groups is 1. The Morgan fingerprint density at radius 2 is 1.65 bits per heavy atom. The van der Waals surface area contributed by atoms with E-state index in [1.54, 1.807) is 23.9 Å². The molecule has 104 valence electrons. The van der Waals surface area contributed by atoms with Crippen LogP contribution in [0, 0.1) is 11.6 Å². The molecular formula is C16H14F2OS. The molecule has 0 aliphatic carbocycles. The largest absolute Gasteiger partial charge is 0.294 e. The van der Waals surface area contributed by atoms with Crippen LogP contribution in [-0.4, -0.2) is 11.5 Å². The van der Waals surface area contributed by atoms with E-state index in [0.717, 1.165) is 22.8 Å². The number of hydrogen-bond donors (Lipinski definition) is 0. The molecule has 0 saturated heterocycles. The molecule has 20 heavy (non-hydrogen) atoms. The lowest BCUT2D eigenvalue weighted by Crippen LogP contribution is -2.07. The Balaban J connectivity index is 2.16. The molecule has 2 aromatic rings. The van der Waals surface area contributed by atoms with Crippen LogP contribution in [0.5, 0.6) is 0 Å². The Kier molecular flexibility index (Phi) is 4.90. The lowest BCUT2D eigenvalue weighted by Gasteiger charge is -2.05. The zero-order valence-corrected chi connectivity index (χ0v) is 11.8. The molecular weight excluding hydrogens is 278 g/mol. The number of carbonyl (C=O) groups is 1. The highest BCUT2D eigenvalue weighted by atomic mass is 32.2. The molecule has 0 aliphatic rings. The van der Waals surface area contributed by atoms with Crippen LogP contribution in [0.25, 0.3) is 0 Å². The van der Waals surface area contributed by atoms with E-state index in [-0.39, 0.29) is 17.8 Å². The first kappa shape index (κ1) is 14.7. The number of rotatable bonds is 5. The number of ketones is 1. The smallest absolute Gasteiger partial charge is 0.167 e. The van der Waals surface area contributed by atoms with Crippen molar-refractivity contribution in [3.05, 3.63) is 65.2 Å². The van der Waals surface area contributed by atoms with Crippen molar-refractivity contribution in [1.29, 1.82) is 0 Å². The first-order valence-corrected chi connectivity index (χ1v) is 7.29. The van der Waals surface area contributed by atoms with Crippen molar-refractivity contribution in [2.24, 2.45) is 0 Å². The summed E-state index contributed by atoms with van der Waals surface area (Å²) in [5.74, 6) is -0.705. The van der Waals surface area contributed by atoms with Gasteiger partial charge in [-0.1, -0.05) is 25.1 Å². The zero-order valence-electron chi connectivity index (χ0n) is 11.0. The van der Waals surface area contributed by atoms with Crippen molar-refractivity contribution in [3.63, 3.8) is 0 Å². The van der Waals surface area contributed by atoms with Gasteiger partial charge in [0.05, 0.1) is 0 Å². The van der Waals surface area contributed by atoms with Crippen LogP contribution < -0.4 is 0 Å². The summed E-state index contributed by atoms with van der Waals surface area (Å²) in [5.41, 5.74) is 0.289. The third-order valence-corrected chi connectivity index (χ3v) is 3.78. The first-order chi connectivity index (χ1) is 9.61. The number of halogens is 2. The standard InChI is InChI=1S/C16H14F2OS/c1-2-20-12-8-6-11(7-9-12)16(19)10-13-14(17)4-3-5-15(13)18/h3-9H,2,10H2,1H3. The van der Waals surface area contributed by atoms with Crippen molar-refractivity contribution in [3.8, 4) is 0 Å². The van der Waals surface area contributed by atoms with E-state index in [9.17, 15) is 13.6 Å². The summed E-state index contributed by atoms with van der Waals surface area (Å²) in [5, 5.41) is 0. The van der Waals surface area contributed by atoms with Crippen LogP contribution in [-0.2, 0) is 6.42 Å². The predicted octanol–water partition coefficient (Wildman–Crippen LogP) is 4.50. The Hall–Kier alpha value is -1.68. The first-order valence-electron chi connectivity index (χ1n) is 6.30. The normalized spacial score (nSPS) is 10.6. The molecule has 1 nitrogen and oxygen atoms in total. The average molecular weight is 292 g/mol. The third-order valence-electron chi connectivity index (χ3n) is 2.89. The van der Waals surface area contributed by atoms with Gasteiger partial charge in [-0.05, 0) is 30.0 Å². The summed E-state index contributed by atoms with van der Waals surface area (Å²) >= 11 is 1.67. The number of Topliss-reactive ketones (excluding diaryl/α,β-unsaturated/α-hetero) is 1. The van der Waals surface area contributed by atoms with Crippen LogP contribution in [0.1, 0.15) is 22.8 Å². The van der Waals surface area contributed by atoms with Crippen molar-refractivity contribution in [2.45, 2.75) is 18.2 Å². The van der Waals surface area contributed by atoms with Crippen LogP contribution in [0.3, 0.4) is 0 Å². The second kappa shape index (κ2) is 6.66. The lowest BCUT2D eigenvalue weighted by molar-refractivity contribution is 0.0990. The third kappa shape index (κ3) is 3.45. The maximum atomic E-state index is 13.5. The highest BCUT2D eigenvalue weighted by molar-refractivity contribution is 7.99. The summed E-state index contributed by atoms with van der Waals surface area (Å²) in [6, 6.07) is 10.7. The fourth-order valence-corrected chi connectivity index (χ4v) is 2.53. The Bertz CT molecular complexity index is 588. The molecule has 0 aromatic heterocycles. The molecule has 0 radical (unpaired) electrons. The molecule has 2 aromatic carbocycles. The van der Waals surface area contributed by atoms with E-state index in [2.05, 4.69) is 0 Å². The van der Waals surface area contributed by atoms with E-state index in [1.165, 1.54) is 6.07 Å². The van der Waals surface area contributed by atoms with Gasteiger partial charge in [-0.3, -0.25) is 4.79 Å². The minimum absolute atomic E-state index is 0.176. The van der Waals surface area contributed by atoms with Gasteiger partial charge in [0.15, 0.2) is 5.78 Å². The van der Waals surface area contributed by atoms with Gasteiger partial charge in [-0.25, -0.2) is 8.78 Å². The molecule has 0 fully saturated rings. The quantitative estimate of drug-likeness (QED) is 0.596. The predicted molar refractivity (Wildman–Crippen MR) is 77.2 cm³/mol. The minimum Gasteiger partial charge on any atom is -0.294 e. The van der Waals surface area contributed by atoms with Gasteiger partial charge in [0.1, 0.15) is 11.6 Å². The van der Waals surface area contributed by atoms with Crippen LogP contribution in [0.15, 0.2) is 47.4 Å². The summed E-state index contributed by atoms with van der Waals surface area (Å²) in [6.45, 7) is 2.05. The summed E-state index contributed by atoms with van der Waals surface area (Å²) in [7, 11) is 0. The molecule has 2 rings (SSSR count). The molecule has 0 aliphatic heterocycles. The van der Waals surface area contributed by atoms with E-state index in [0.29, 0.717) is 5.56 Å². The molecule has 0 atom stereocenters. The fraction of sp³-hybridized carbons (Fsp3) is 0.188. The molecule has 0 bridgehead atoms. The fourth-order valence-electron chi connectivity index (χ4n) is 1.87. The maximum absolute atomic E-state index is 13.5. The number of hydrogen-bond acceptors (Lipinski definition) is 2. The minimum atomic E-state index is -0.684. The van der Waals surface area contributed by atoms with Crippen LogP contribution in [0.2, 0.25) is 0 Å². The summed E-state index contributed by atoms with van der Waals surface area (Å²) < 4.78 is 27.0. The second-order valence-corrected chi connectivity index (χ2v) is 5.59. The van der Waals surface area contributed by atoms with Gasteiger partial charge in [-0.2, -0.15) is 0 Å². The van der Waals surface area contributed by atoms with Crippen molar-refractivity contribution in [2.75, 3.05) is 5.75 Å². The molecule has 0 spiro atoms. The van der Waals surface area contributed by atoms with Gasteiger partial charge in [0.25, 0.3) is 0 Å². The van der Waals surface area contributed by atoms with E-state index >= 15 is 0 Å². The molecule has 0 N–H and O–H groups in total. The lowest BCUT2D eigenvalue weighted by atomic mass is 10.0. The Labute approximate surface area is 121 Å². The van der Waals surface area contributed by atoms with E-state index in [4.69, 9.17) is 0 Å². The molecule has 0 saturated carbocycles. The number of carbonyl (C=O) groups excluding carboxylic acids is 1. The summed E-state index contributed by atoms with van der Waals surface area (Å²) in [6.07, 6.45) is -0.265. The van der Waals surface area contributed by atoms with Gasteiger partial charge in [0, 0.05) is 22.4 Å². The highest BCUT2D eigenvalue weighted by Gasteiger charge is 2.14. The topological polar surface area (TPSA) is 17.1 Å². The SMILES string of the molecule is CCSc1ccc(C(=O)Cc2c(F)cccc2F)cc1. The van der Waals surface area contributed by atoms with E-state index < -0.39 is 11.6 Å². The second-order valence-electron chi connectivity index (χ2n) is 4.26. The molecule has 4 heteroatoms. The monoisotopic (exact) mass is 292 g/mol. The highest BCUT2D eigenvalue weighted by Crippen LogP contribution is 2.19. The van der Waals surface area contributed by atoms with Gasteiger partial charge in [0.2, 0.25) is 0 Å². The van der Waals surface area contributed by atoms with Crippen LogP contribution in [0.4, 0.5) is 8.78 Å². The average Bonchev–Trinajstić information content (AvgIpc) is 2.44. The van der Waals surface area contributed by atoms with Gasteiger partial charge < -0.3 is 0 Å². The van der Waals surface area contributed by atoms with Gasteiger partial charge >= 0.3 is 0 Å². The van der Waals surface area contributed by atoms with Crippen molar-refractivity contribution < 1.29 is 13.6 Å². The molecule has 0 amide bonds. The zero-order chi connectivity index (χ0) is 14.5. The maximum Gasteiger partial charge on any atom is 0.167 e. The van der Waals surface area contributed by atoms with Crippen molar-refractivity contribution in [1.82, 2.24) is 0 Å². The van der Waals surface area contributed by atoms with Crippen LogP contribution >= 0.6 is 11.8 Å². The Morgan fingerprint density at radius 1 is 1.05 bits per heavy atom. The Morgan fingerprint density at radius 3 is 2.20 bits per heavy atom. The number of benzene rings is 2. The van der Waals surface area contributed by atoms with E-state index in [1.807, 2.05) is 19.1 Å². The van der Waals surface area contributed by atoms with Gasteiger partial charge in [-0.15, -0.1) is 11.8 Å². The summed E-state index contributed by atoms with van der Waals surface area (Å²) in [4.78, 5) is 13.1. The molecule has 0 unspecified atom stereocenters. The molecule has 0 heterocycles. The van der Waals surface area contributed by atoms with Crippen molar-refractivity contribution >= 4 is 17.5 Å².